The van der Waals surface area contributed by atoms with Crippen LogP contribution in [0.15, 0.2) is 80.1 Å². The first-order valence-electron chi connectivity index (χ1n) is 10.4. The number of nitrogens with zero attached hydrogens (tertiary/aromatic N) is 2. The number of carbonyl (C=O) groups excluding carboxylic acids is 1. The maximum Gasteiger partial charge on any atom is 0.339 e. The predicted molar refractivity (Wildman–Crippen MR) is 143 cm³/mol. The Kier molecular flexibility index (Phi) is 9.04. The molecule has 0 aliphatic heterocycles. The van der Waals surface area contributed by atoms with E-state index in [0.29, 0.717) is 11.3 Å². The van der Waals surface area contributed by atoms with Gasteiger partial charge in [-0.3, -0.25) is 14.9 Å². The molecule has 0 radical (unpaired) electrons. The Morgan fingerprint density at radius 1 is 1.14 bits per heavy atom. The van der Waals surface area contributed by atoms with E-state index in [1.54, 1.807) is 31.2 Å². The smallest absolute Gasteiger partial charge is 0.339 e. The van der Waals surface area contributed by atoms with E-state index in [-0.39, 0.29) is 38.7 Å². The van der Waals surface area contributed by atoms with E-state index < -0.39 is 20.9 Å². The van der Waals surface area contributed by atoms with Crippen LogP contribution in [0.4, 0.5) is 11.4 Å². The lowest BCUT2D eigenvalue weighted by Crippen LogP contribution is -2.13. The zero-order chi connectivity index (χ0) is 27.2. The fourth-order valence-corrected chi connectivity index (χ4v) is 4.82. The Bertz CT molecular complexity index is 1520. The van der Waals surface area contributed by atoms with E-state index in [4.69, 9.17) is 8.92 Å². The molecule has 3 rings (SSSR count). The number of ether oxygens (including phenoxy) is 1. The van der Waals surface area contributed by atoms with Crippen molar-refractivity contribution in [2.75, 3.05) is 11.9 Å². The van der Waals surface area contributed by atoms with Gasteiger partial charge in [-0.15, -0.1) is 0 Å². The normalized spacial score (nSPS) is 11.4. The molecule has 0 spiro atoms. The third-order valence-corrected chi connectivity index (χ3v) is 6.99. The summed E-state index contributed by atoms with van der Waals surface area (Å²) in [5.41, 5.74) is 0.372. The van der Waals surface area contributed by atoms with Crippen LogP contribution in [0.2, 0.25) is 0 Å². The third-order valence-electron chi connectivity index (χ3n) is 4.64. The van der Waals surface area contributed by atoms with Gasteiger partial charge in [-0.05, 0) is 83.0 Å². The Balaban J connectivity index is 1.92. The van der Waals surface area contributed by atoms with E-state index >= 15 is 0 Å². The molecule has 13 heteroatoms. The number of hydrogen-bond acceptors (Lipinski definition) is 8. The Hall–Kier alpha value is -3.73. The van der Waals surface area contributed by atoms with Crippen molar-refractivity contribution in [3.63, 3.8) is 0 Å². The molecule has 0 heterocycles. The van der Waals surface area contributed by atoms with Gasteiger partial charge in [0.2, 0.25) is 0 Å². The first-order valence-corrected chi connectivity index (χ1v) is 13.4. The summed E-state index contributed by atoms with van der Waals surface area (Å²) in [6.07, 6.45) is 1.32. The Morgan fingerprint density at radius 3 is 2.35 bits per heavy atom. The standard InChI is InChI=1S/C24H17Br2N3O7S/c1-2-35-22-13-15(11-16(14-27)24(30)28-18-5-3-17(25)4-6-18)12-21(26)23(22)36-37(33,34)20-9-7-19(8-10-20)29(31)32/h3-13H,2H2,1H3,(H,28,30)/b16-11-. The summed E-state index contributed by atoms with van der Waals surface area (Å²) in [5.74, 6) is -0.783. The van der Waals surface area contributed by atoms with Crippen LogP contribution < -0.4 is 14.2 Å². The molecular formula is C24H17Br2N3O7S. The quantitative estimate of drug-likeness (QED) is 0.0999. The van der Waals surface area contributed by atoms with Crippen LogP contribution in [0.1, 0.15) is 12.5 Å². The zero-order valence-electron chi connectivity index (χ0n) is 19.0. The number of non-ortho nitro benzene ring substituents is 1. The lowest BCUT2D eigenvalue weighted by Gasteiger charge is -2.14. The van der Waals surface area contributed by atoms with Crippen LogP contribution in [0.5, 0.6) is 11.5 Å². The molecule has 0 aliphatic rings. The van der Waals surface area contributed by atoms with Gasteiger partial charge in [0, 0.05) is 22.3 Å². The van der Waals surface area contributed by atoms with Crippen molar-refractivity contribution in [3.05, 3.63) is 90.9 Å². The lowest BCUT2D eigenvalue weighted by atomic mass is 10.1. The zero-order valence-corrected chi connectivity index (χ0v) is 23.0. The van der Waals surface area contributed by atoms with Crippen molar-refractivity contribution >= 4 is 65.3 Å². The molecule has 0 saturated carbocycles. The van der Waals surface area contributed by atoms with Gasteiger partial charge in [-0.2, -0.15) is 13.7 Å². The van der Waals surface area contributed by atoms with Crippen molar-refractivity contribution < 1.29 is 27.1 Å². The number of halogens is 2. The lowest BCUT2D eigenvalue weighted by molar-refractivity contribution is -0.384. The monoisotopic (exact) mass is 649 g/mol. The molecule has 1 amide bonds. The summed E-state index contributed by atoms with van der Waals surface area (Å²) in [6, 6.07) is 15.7. The third kappa shape index (κ3) is 7.16. The van der Waals surface area contributed by atoms with Gasteiger partial charge in [0.1, 0.15) is 16.5 Å². The van der Waals surface area contributed by atoms with E-state index in [0.717, 1.165) is 28.7 Å². The fraction of sp³-hybridized carbons (Fsp3) is 0.0833. The number of carbonyl (C=O) groups is 1. The topological polar surface area (TPSA) is 149 Å². The number of amides is 1. The summed E-state index contributed by atoms with van der Waals surface area (Å²) in [7, 11) is -4.38. The second-order valence-corrected chi connectivity index (χ2v) is 10.5. The van der Waals surface area contributed by atoms with Gasteiger partial charge in [0.05, 0.1) is 16.0 Å². The van der Waals surface area contributed by atoms with Crippen molar-refractivity contribution in [1.29, 1.82) is 5.26 Å². The highest BCUT2D eigenvalue weighted by Gasteiger charge is 2.23. The second kappa shape index (κ2) is 12.0. The molecule has 0 atom stereocenters. The van der Waals surface area contributed by atoms with E-state index in [9.17, 15) is 28.6 Å². The molecule has 0 unspecified atom stereocenters. The number of nitriles is 1. The van der Waals surface area contributed by atoms with Crippen LogP contribution >= 0.6 is 31.9 Å². The van der Waals surface area contributed by atoms with Crippen LogP contribution in [-0.4, -0.2) is 25.9 Å². The average molecular weight is 651 g/mol. The molecule has 0 aliphatic carbocycles. The maximum atomic E-state index is 12.8. The fourth-order valence-electron chi connectivity index (χ4n) is 2.95. The van der Waals surface area contributed by atoms with Crippen LogP contribution in [0.25, 0.3) is 6.08 Å². The van der Waals surface area contributed by atoms with E-state index in [1.165, 1.54) is 18.2 Å². The number of nitro groups is 1. The van der Waals surface area contributed by atoms with Crippen LogP contribution in [0, 0.1) is 21.4 Å². The molecule has 1 N–H and O–H groups in total. The minimum Gasteiger partial charge on any atom is -0.490 e. The number of anilines is 1. The molecule has 0 aromatic heterocycles. The molecule has 3 aromatic carbocycles. The highest BCUT2D eigenvalue weighted by Crippen LogP contribution is 2.39. The number of benzene rings is 3. The maximum absolute atomic E-state index is 12.8. The molecule has 190 valence electrons. The van der Waals surface area contributed by atoms with Crippen molar-refractivity contribution in [2.24, 2.45) is 0 Å². The molecule has 37 heavy (non-hydrogen) atoms. The highest BCUT2D eigenvalue weighted by molar-refractivity contribution is 9.10. The van der Waals surface area contributed by atoms with Gasteiger partial charge in [-0.1, -0.05) is 15.9 Å². The molecule has 3 aromatic rings. The van der Waals surface area contributed by atoms with Crippen molar-refractivity contribution in [3.8, 4) is 17.6 Å². The van der Waals surface area contributed by atoms with Gasteiger partial charge in [-0.25, -0.2) is 0 Å². The molecular weight excluding hydrogens is 634 g/mol. The molecule has 0 saturated heterocycles. The Labute approximate surface area is 229 Å². The number of rotatable bonds is 9. The molecule has 0 fully saturated rings. The van der Waals surface area contributed by atoms with Crippen molar-refractivity contribution in [2.45, 2.75) is 11.8 Å². The van der Waals surface area contributed by atoms with E-state index in [1.807, 2.05) is 6.07 Å². The van der Waals surface area contributed by atoms with Gasteiger partial charge >= 0.3 is 10.1 Å². The minimum atomic E-state index is -4.38. The first-order chi connectivity index (χ1) is 17.5. The SMILES string of the molecule is CCOc1cc(/C=C(/C#N)C(=O)Nc2ccc(Br)cc2)cc(Br)c1OS(=O)(=O)c1ccc([N+](=O)[O-])cc1. The van der Waals surface area contributed by atoms with Gasteiger partial charge in [0.25, 0.3) is 11.6 Å². The summed E-state index contributed by atoms with van der Waals surface area (Å²) < 4.78 is 37.4. The highest BCUT2D eigenvalue weighted by atomic mass is 79.9. The minimum absolute atomic E-state index is 0.0271. The van der Waals surface area contributed by atoms with Gasteiger partial charge in [0.15, 0.2) is 11.5 Å². The average Bonchev–Trinajstić information content (AvgIpc) is 2.86. The second-order valence-electron chi connectivity index (χ2n) is 7.18. The number of hydrogen-bond donors (Lipinski definition) is 1. The van der Waals surface area contributed by atoms with Crippen LogP contribution in [0.3, 0.4) is 0 Å². The molecule has 10 nitrogen and oxygen atoms in total. The number of nitrogens with one attached hydrogen (secondary N) is 1. The Morgan fingerprint density at radius 2 is 1.78 bits per heavy atom. The summed E-state index contributed by atoms with van der Waals surface area (Å²) in [5, 5.41) is 23.0. The summed E-state index contributed by atoms with van der Waals surface area (Å²) in [4.78, 5) is 22.5. The van der Waals surface area contributed by atoms with Crippen LogP contribution in [-0.2, 0) is 14.9 Å². The van der Waals surface area contributed by atoms with E-state index in [2.05, 4.69) is 37.2 Å². The first kappa shape index (κ1) is 27.9. The predicted octanol–water partition coefficient (Wildman–Crippen LogP) is 5.83. The number of nitro benzene ring substituents is 1. The van der Waals surface area contributed by atoms with Gasteiger partial charge < -0.3 is 14.2 Å². The summed E-state index contributed by atoms with van der Waals surface area (Å²) in [6.45, 7) is 1.83. The molecule has 0 bridgehead atoms. The van der Waals surface area contributed by atoms with Crippen molar-refractivity contribution in [1.82, 2.24) is 0 Å². The summed E-state index contributed by atoms with van der Waals surface area (Å²) >= 11 is 6.56. The largest absolute Gasteiger partial charge is 0.490 e.